The van der Waals surface area contributed by atoms with Gasteiger partial charge in [-0.25, -0.2) is 9.59 Å². The lowest BCUT2D eigenvalue weighted by molar-refractivity contribution is -0.200. The van der Waals surface area contributed by atoms with E-state index in [-0.39, 0.29) is 13.2 Å². The van der Waals surface area contributed by atoms with Crippen LogP contribution in [0.1, 0.15) is 11.1 Å². The van der Waals surface area contributed by atoms with Crippen LogP contribution in [0.3, 0.4) is 0 Å². The summed E-state index contributed by atoms with van der Waals surface area (Å²) < 4.78 is 9.86. The molecule has 0 aliphatic heterocycles. The predicted molar refractivity (Wildman–Crippen MR) is 90.5 cm³/mol. The van der Waals surface area contributed by atoms with Gasteiger partial charge < -0.3 is 24.8 Å². The molecule has 0 amide bonds. The highest BCUT2D eigenvalue weighted by atomic mass is 16.6. The first-order valence-corrected chi connectivity index (χ1v) is 7.92. The zero-order valence-electron chi connectivity index (χ0n) is 13.9. The Balaban J connectivity index is 2.07. The van der Waals surface area contributed by atoms with Gasteiger partial charge in [0.25, 0.3) is 5.60 Å². The van der Waals surface area contributed by atoms with Gasteiger partial charge >= 0.3 is 11.9 Å². The van der Waals surface area contributed by atoms with Gasteiger partial charge in [0, 0.05) is 0 Å². The number of hydrogen-bond acceptors (Lipinski definition) is 7. The molecule has 0 radical (unpaired) electrons. The van der Waals surface area contributed by atoms with Gasteiger partial charge in [0.1, 0.15) is 19.3 Å². The van der Waals surface area contributed by atoms with Crippen LogP contribution < -0.4 is 0 Å². The molecule has 0 saturated heterocycles. The molecule has 0 aliphatic carbocycles. The Bertz CT molecular complexity index is 660. The number of ether oxygens (including phenoxy) is 2. The molecule has 26 heavy (non-hydrogen) atoms. The maximum Gasteiger partial charge on any atom is 0.353 e. The first-order chi connectivity index (χ1) is 12.5. The number of hydrogen-bond donors (Lipinski definition) is 3. The highest BCUT2D eigenvalue weighted by molar-refractivity contribution is 6.04. The molecule has 2 rings (SSSR count). The van der Waals surface area contributed by atoms with E-state index in [9.17, 15) is 19.8 Å². The summed E-state index contributed by atoms with van der Waals surface area (Å²) in [5.41, 5.74) is -1.78. The highest BCUT2D eigenvalue weighted by Gasteiger charge is 2.53. The molecule has 0 aromatic heterocycles. The van der Waals surface area contributed by atoms with Crippen molar-refractivity contribution in [2.45, 2.75) is 24.9 Å². The number of esters is 2. The molecule has 138 valence electrons. The molecule has 0 fully saturated rings. The van der Waals surface area contributed by atoms with Crippen molar-refractivity contribution in [3.05, 3.63) is 71.8 Å². The monoisotopic (exact) mass is 360 g/mol. The van der Waals surface area contributed by atoms with Crippen molar-refractivity contribution < 1.29 is 34.4 Å². The van der Waals surface area contributed by atoms with E-state index in [2.05, 4.69) is 0 Å². The molecule has 1 atom stereocenters. The Kier molecular flexibility index (Phi) is 6.85. The topological polar surface area (TPSA) is 113 Å². The van der Waals surface area contributed by atoms with Gasteiger partial charge in [-0.05, 0) is 11.1 Å². The third-order valence-corrected chi connectivity index (χ3v) is 3.70. The molecule has 2 aromatic rings. The van der Waals surface area contributed by atoms with Gasteiger partial charge in [-0.3, -0.25) is 0 Å². The molecule has 3 N–H and O–H groups in total. The summed E-state index contributed by atoms with van der Waals surface area (Å²) in [6, 6.07) is 17.2. The lowest BCUT2D eigenvalue weighted by atomic mass is 9.97. The van der Waals surface area contributed by atoms with E-state index in [0.717, 1.165) is 0 Å². The van der Waals surface area contributed by atoms with Crippen LogP contribution in [-0.2, 0) is 32.3 Å². The van der Waals surface area contributed by atoms with Crippen molar-refractivity contribution in [2.75, 3.05) is 6.61 Å². The molecule has 0 aliphatic rings. The Hall–Kier alpha value is -2.74. The maximum absolute atomic E-state index is 12.2. The lowest BCUT2D eigenvalue weighted by Gasteiger charge is -2.27. The number of carbonyl (C=O) groups excluding carboxylic acids is 2. The Labute approximate surface area is 150 Å². The van der Waals surface area contributed by atoms with Gasteiger partial charge in [-0.1, -0.05) is 60.7 Å². The number of rotatable bonds is 8. The Morgan fingerprint density at radius 3 is 1.58 bits per heavy atom. The first kappa shape index (κ1) is 19.6. The standard InChI is InChI=1S/C19H20O7/c20-11-16(21)19(24,17(22)25-12-14-7-3-1-4-8-14)18(23)26-13-15-9-5-2-6-10-15/h1-10,16,20-21,24H,11-13H2/t16-/m0/s1. The molecular formula is C19H20O7. The average Bonchev–Trinajstić information content (AvgIpc) is 2.70. The van der Waals surface area contributed by atoms with Crippen LogP contribution >= 0.6 is 0 Å². The summed E-state index contributed by atoms with van der Waals surface area (Å²) in [6.45, 7) is -1.46. The van der Waals surface area contributed by atoms with Crippen molar-refractivity contribution in [1.29, 1.82) is 0 Å². The van der Waals surface area contributed by atoms with Gasteiger partial charge in [-0.2, -0.15) is 0 Å². The third kappa shape index (κ3) is 4.66. The second kappa shape index (κ2) is 9.10. The normalized spacial score (nSPS) is 12.3. The second-order valence-corrected chi connectivity index (χ2v) is 5.59. The first-order valence-electron chi connectivity index (χ1n) is 7.92. The Morgan fingerprint density at radius 2 is 1.23 bits per heavy atom. The fourth-order valence-corrected chi connectivity index (χ4v) is 2.15. The third-order valence-electron chi connectivity index (χ3n) is 3.70. The molecule has 0 bridgehead atoms. The van der Waals surface area contributed by atoms with E-state index < -0.39 is 30.3 Å². The fourth-order valence-electron chi connectivity index (χ4n) is 2.15. The van der Waals surface area contributed by atoms with Gasteiger partial charge in [0.15, 0.2) is 0 Å². The van der Waals surface area contributed by atoms with Crippen molar-refractivity contribution >= 4 is 11.9 Å². The molecular weight excluding hydrogens is 340 g/mol. The zero-order chi connectivity index (χ0) is 19.0. The van der Waals surface area contributed by atoms with E-state index in [1.807, 2.05) is 0 Å². The van der Waals surface area contributed by atoms with Crippen LogP contribution in [-0.4, -0.2) is 45.6 Å². The van der Waals surface area contributed by atoms with Crippen LogP contribution in [0.5, 0.6) is 0 Å². The molecule has 0 spiro atoms. The number of aliphatic hydroxyl groups is 3. The summed E-state index contributed by atoms with van der Waals surface area (Å²) in [5.74, 6) is -2.80. The predicted octanol–water partition coefficient (Wildman–Crippen LogP) is 0.557. The quantitative estimate of drug-likeness (QED) is 0.465. The second-order valence-electron chi connectivity index (χ2n) is 5.59. The minimum atomic E-state index is -3.03. The van der Waals surface area contributed by atoms with E-state index in [0.29, 0.717) is 11.1 Å². The zero-order valence-corrected chi connectivity index (χ0v) is 13.9. The van der Waals surface area contributed by atoms with E-state index in [1.54, 1.807) is 60.7 Å². The van der Waals surface area contributed by atoms with Gasteiger partial charge in [0.05, 0.1) is 6.61 Å². The van der Waals surface area contributed by atoms with Crippen molar-refractivity contribution in [3.63, 3.8) is 0 Å². The fraction of sp³-hybridized carbons (Fsp3) is 0.263. The van der Waals surface area contributed by atoms with Crippen LogP contribution in [0.4, 0.5) is 0 Å². The smallest absolute Gasteiger partial charge is 0.353 e. The van der Waals surface area contributed by atoms with Gasteiger partial charge in [0.2, 0.25) is 0 Å². The van der Waals surface area contributed by atoms with Crippen LogP contribution in [0, 0.1) is 0 Å². The summed E-state index contributed by atoms with van der Waals surface area (Å²) in [4.78, 5) is 24.5. The minimum Gasteiger partial charge on any atom is -0.458 e. The molecule has 7 nitrogen and oxygen atoms in total. The Morgan fingerprint density at radius 1 is 0.846 bits per heavy atom. The van der Waals surface area contributed by atoms with E-state index >= 15 is 0 Å². The maximum atomic E-state index is 12.2. The molecule has 7 heteroatoms. The summed E-state index contributed by atoms with van der Waals surface area (Å²) in [7, 11) is 0. The number of aliphatic hydroxyl groups excluding tert-OH is 2. The molecule has 0 heterocycles. The lowest BCUT2D eigenvalue weighted by Crippen LogP contribution is -2.58. The average molecular weight is 360 g/mol. The summed E-state index contributed by atoms with van der Waals surface area (Å²) in [5, 5.41) is 29.3. The number of benzene rings is 2. The summed E-state index contributed by atoms with van der Waals surface area (Å²) in [6.07, 6.45) is -2.09. The van der Waals surface area contributed by atoms with E-state index in [1.165, 1.54) is 0 Å². The van der Waals surface area contributed by atoms with Crippen molar-refractivity contribution in [3.8, 4) is 0 Å². The van der Waals surface area contributed by atoms with Crippen molar-refractivity contribution in [2.24, 2.45) is 0 Å². The summed E-state index contributed by atoms with van der Waals surface area (Å²) >= 11 is 0. The highest BCUT2D eigenvalue weighted by Crippen LogP contribution is 2.18. The van der Waals surface area contributed by atoms with Crippen LogP contribution in [0.15, 0.2) is 60.7 Å². The van der Waals surface area contributed by atoms with Crippen LogP contribution in [0.25, 0.3) is 0 Å². The largest absolute Gasteiger partial charge is 0.458 e. The number of carbonyl (C=O) groups is 2. The van der Waals surface area contributed by atoms with Crippen LogP contribution in [0.2, 0.25) is 0 Å². The SMILES string of the molecule is O=C(OCc1ccccc1)C(O)(C(=O)OCc1ccccc1)[C@@H](O)CO. The molecule has 2 aromatic carbocycles. The van der Waals surface area contributed by atoms with Crippen molar-refractivity contribution in [1.82, 2.24) is 0 Å². The van der Waals surface area contributed by atoms with E-state index in [4.69, 9.17) is 14.6 Å². The molecule has 0 unspecified atom stereocenters. The molecule has 0 saturated carbocycles. The van der Waals surface area contributed by atoms with Gasteiger partial charge in [-0.15, -0.1) is 0 Å². The minimum absolute atomic E-state index is 0.216.